The number of hydrogen-bond acceptors (Lipinski definition) is 9. The first-order valence-electron chi connectivity index (χ1n) is 12.2. The van der Waals surface area contributed by atoms with Gasteiger partial charge in [0.15, 0.2) is 0 Å². The highest BCUT2D eigenvalue weighted by atomic mass is 35.5. The number of hydrogen-bond donors (Lipinski definition) is 2. The topological polar surface area (TPSA) is 95.1 Å². The maximum absolute atomic E-state index is 13.2. The number of dihydropyridines is 1. The zero-order valence-corrected chi connectivity index (χ0v) is 23.9. The Bertz CT molecular complexity index is 1170. The second-order valence-corrected chi connectivity index (χ2v) is 9.88. The summed E-state index contributed by atoms with van der Waals surface area (Å²) in [6.07, 6.45) is 0. The first-order chi connectivity index (χ1) is 18.4. The van der Waals surface area contributed by atoms with Gasteiger partial charge in [0.05, 0.1) is 73.0 Å². The van der Waals surface area contributed by atoms with Crippen LogP contribution in [0.15, 0.2) is 57.6 Å². The molecule has 8 nitrogen and oxygen atoms in total. The molecule has 11 heteroatoms. The van der Waals surface area contributed by atoms with Gasteiger partial charge in [-0.05, 0) is 47.9 Å². The van der Waals surface area contributed by atoms with Crippen LogP contribution in [0, 0.1) is 0 Å². The minimum atomic E-state index is -0.863. The molecule has 1 unspecified atom stereocenters. The molecule has 1 aliphatic heterocycles. The van der Waals surface area contributed by atoms with E-state index in [1.54, 1.807) is 43.4 Å². The van der Waals surface area contributed by atoms with Gasteiger partial charge in [-0.1, -0.05) is 35.3 Å². The molecule has 0 fully saturated rings. The Labute approximate surface area is 236 Å². The highest BCUT2D eigenvalue weighted by molar-refractivity contribution is 7.07. The number of ether oxygens (including phenoxy) is 4. The number of esters is 2. The van der Waals surface area contributed by atoms with Crippen molar-refractivity contribution in [3.05, 3.63) is 78.7 Å². The fourth-order valence-corrected chi connectivity index (χ4v) is 5.15. The van der Waals surface area contributed by atoms with Crippen molar-refractivity contribution < 1.29 is 28.5 Å². The quantitative estimate of drug-likeness (QED) is 0.241. The maximum Gasteiger partial charge on any atom is 0.336 e. The summed E-state index contributed by atoms with van der Waals surface area (Å²) in [5.74, 6) is -2.06. The summed E-state index contributed by atoms with van der Waals surface area (Å²) < 4.78 is 21.9. The van der Waals surface area contributed by atoms with E-state index in [1.807, 2.05) is 5.38 Å². The number of carbonyl (C=O) groups is 2. The van der Waals surface area contributed by atoms with Crippen LogP contribution in [0.1, 0.15) is 30.9 Å². The molecule has 38 heavy (non-hydrogen) atoms. The van der Waals surface area contributed by atoms with Gasteiger partial charge >= 0.3 is 11.9 Å². The highest BCUT2D eigenvalue weighted by Crippen LogP contribution is 2.43. The fraction of sp³-hybridized carbons (Fsp3) is 0.407. The van der Waals surface area contributed by atoms with Crippen molar-refractivity contribution in [1.82, 2.24) is 10.6 Å². The molecule has 206 valence electrons. The summed E-state index contributed by atoms with van der Waals surface area (Å²) >= 11 is 14.5. The number of allylic oxidation sites excluding steroid dienone is 1. The lowest BCUT2D eigenvalue weighted by atomic mass is 9.80. The summed E-state index contributed by atoms with van der Waals surface area (Å²) in [5.41, 5.74) is 3.16. The Morgan fingerprint density at radius 2 is 1.87 bits per heavy atom. The van der Waals surface area contributed by atoms with Crippen LogP contribution in [0.3, 0.4) is 0 Å². The third-order valence-corrected chi connectivity index (χ3v) is 7.35. The van der Waals surface area contributed by atoms with Gasteiger partial charge in [-0.2, -0.15) is 11.3 Å². The minimum Gasteiger partial charge on any atom is -0.466 e. The van der Waals surface area contributed by atoms with Crippen LogP contribution < -0.4 is 10.6 Å². The maximum atomic E-state index is 13.2. The van der Waals surface area contributed by atoms with E-state index in [-0.39, 0.29) is 29.4 Å². The minimum absolute atomic E-state index is 0.0639. The molecule has 0 radical (unpaired) electrons. The molecule has 0 saturated carbocycles. The number of halogens is 2. The van der Waals surface area contributed by atoms with Crippen molar-refractivity contribution in [1.29, 1.82) is 0 Å². The number of carbonyl (C=O) groups excluding carboxylic acids is 2. The van der Waals surface area contributed by atoms with Crippen molar-refractivity contribution in [2.75, 3.05) is 46.7 Å². The predicted molar refractivity (Wildman–Crippen MR) is 148 cm³/mol. The van der Waals surface area contributed by atoms with Crippen LogP contribution in [0.2, 0.25) is 10.0 Å². The predicted octanol–water partition coefficient (Wildman–Crippen LogP) is 4.83. The average Bonchev–Trinajstić information content (AvgIpc) is 3.42. The molecule has 2 heterocycles. The van der Waals surface area contributed by atoms with Gasteiger partial charge in [0.25, 0.3) is 0 Å². The average molecular weight is 584 g/mol. The second kappa shape index (κ2) is 15.3. The molecule has 3 rings (SSSR count). The monoisotopic (exact) mass is 582 g/mol. The summed E-state index contributed by atoms with van der Waals surface area (Å²) in [6.45, 7) is 6.41. The first kappa shape index (κ1) is 30.1. The van der Waals surface area contributed by atoms with Gasteiger partial charge in [-0.15, -0.1) is 0 Å². The summed E-state index contributed by atoms with van der Waals surface area (Å²) in [7, 11) is 1.28. The van der Waals surface area contributed by atoms with E-state index in [1.165, 1.54) is 12.7 Å². The van der Waals surface area contributed by atoms with Crippen LogP contribution in [0.5, 0.6) is 0 Å². The SMILES string of the molecule is CCOC(=O)C1=C(COCCOCCNCc2ccsc2)NC(C)=C(C(=O)OC)C1c1cccc(Cl)c1Cl. The molecule has 1 atom stereocenters. The number of rotatable bonds is 14. The van der Waals surface area contributed by atoms with Gasteiger partial charge in [0, 0.05) is 18.8 Å². The molecule has 1 aliphatic rings. The number of methoxy groups -OCH3 is 1. The lowest BCUT2D eigenvalue weighted by Gasteiger charge is -2.31. The van der Waals surface area contributed by atoms with E-state index >= 15 is 0 Å². The molecule has 0 aliphatic carbocycles. The summed E-state index contributed by atoms with van der Waals surface area (Å²) in [4.78, 5) is 26.1. The number of thiophene rings is 1. The lowest BCUT2D eigenvalue weighted by Crippen LogP contribution is -2.35. The molecular weight excluding hydrogens is 551 g/mol. The van der Waals surface area contributed by atoms with Gasteiger partial charge in [-0.25, -0.2) is 9.59 Å². The molecular formula is C27H32Cl2N2O6S. The molecule has 2 N–H and O–H groups in total. The lowest BCUT2D eigenvalue weighted by molar-refractivity contribution is -0.139. The van der Waals surface area contributed by atoms with E-state index < -0.39 is 17.9 Å². The Hall–Kier alpha value is -2.40. The summed E-state index contributed by atoms with van der Waals surface area (Å²) in [5, 5.41) is 11.2. The van der Waals surface area contributed by atoms with Crippen LogP contribution in [0.4, 0.5) is 0 Å². The summed E-state index contributed by atoms with van der Waals surface area (Å²) in [6, 6.07) is 7.15. The standard InChI is InChI=1S/C27H32Cl2N2O6S/c1-4-37-27(33)24-21(15-36-12-11-35-10-9-30-14-18-8-13-38-16-18)31-17(2)22(26(32)34-3)23(24)19-6-5-7-20(28)25(19)29/h5-8,13,16,23,30-31H,4,9-12,14-15H2,1-3H3. The highest BCUT2D eigenvalue weighted by Gasteiger charge is 2.40. The van der Waals surface area contributed by atoms with E-state index in [4.69, 9.17) is 42.1 Å². The van der Waals surface area contributed by atoms with Gasteiger partial charge in [0.1, 0.15) is 0 Å². The van der Waals surface area contributed by atoms with Gasteiger partial charge in [0.2, 0.25) is 0 Å². The number of benzene rings is 1. The second-order valence-electron chi connectivity index (χ2n) is 8.32. The Morgan fingerprint density at radius 3 is 2.58 bits per heavy atom. The van der Waals surface area contributed by atoms with Crippen molar-refractivity contribution >= 4 is 46.5 Å². The molecule has 0 spiro atoms. The third kappa shape index (κ3) is 7.81. The van der Waals surface area contributed by atoms with Crippen LogP contribution in [-0.4, -0.2) is 58.6 Å². The van der Waals surface area contributed by atoms with E-state index in [9.17, 15) is 9.59 Å². The van der Waals surface area contributed by atoms with Crippen molar-refractivity contribution in [2.45, 2.75) is 26.3 Å². The van der Waals surface area contributed by atoms with E-state index in [0.29, 0.717) is 41.8 Å². The number of nitrogens with one attached hydrogen (secondary N) is 2. The molecule has 1 aromatic carbocycles. The normalized spacial score (nSPS) is 15.4. The molecule has 0 amide bonds. The third-order valence-electron chi connectivity index (χ3n) is 5.79. The zero-order valence-electron chi connectivity index (χ0n) is 21.6. The van der Waals surface area contributed by atoms with E-state index in [2.05, 4.69) is 22.1 Å². The Kier molecular flexibility index (Phi) is 12.1. The smallest absolute Gasteiger partial charge is 0.336 e. The van der Waals surface area contributed by atoms with Crippen LogP contribution in [-0.2, 0) is 35.1 Å². The Balaban J connectivity index is 1.72. The van der Waals surface area contributed by atoms with Crippen molar-refractivity contribution in [2.24, 2.45) is 0 Å². The van der Waals surface area contributed by atoms with Crippen LogP contribution in [0.25, 0.3) is 0 Å². The van der Waals surface area contributed by atoms with Crippen molar-refractivity contribution in [3.8, 4) is 0 Å². The van der Waals surface area contributed by atoms with Crippen LogP contribution >= 0.6 is 34.5 Å². The largest absolute Gasteiger partial charge is 0.466 e. The molecule has 0 bridgehead atoms. The molecule has 2 aromatic rings. The first-order valence-corrected chi connectivity index (χ1v) is 13.9. The molecule has 0 saturated heterocycles. The fourth-order valence-electron chi connectivity index (χ4n) is 4.06. The van der Waals surface area contributed by atoms with Crippen molar-refractivity contribution in [3.63, 3.8) is 0 Å². The molecule has 1 aromatic heterocycles. The van der Waals surface area contributed by atoms with E-state index in [0.717, 1.165) is 13.1 Å². The van der Waals surface area contributed by atoms with Gasteiger partial charge in [-0.3, -0.25) is 0 Å². The van der Waals surface area contributed by atoms with Gasteiger partial charge < -0.3 is 29.6 Å². The zero-order chi connectivity index (χ0) is 27.5. The Morgan fingerprint density at radius 1 is 1.08 bits per heavy atom.